The molecule has 0 unspecified atom stereocenters. The average molecular weight is 264 g/mol. The molecular weight excluding hydrogens is 239 g/mol. The van der Waals surface area contributed by atoms with Crippen LogP contribution in [0, 0.1) is 5.82 Å². The van der Waals surface area contributed by atoms with Crippen LogP contribution in [0.15, 0.2) is 18.2 Å². The lowest BCUT2D eigenvalue weighted by Gasteiger charge is -2.20. The SMILES string of the molecule is CCCCN[C@H](C)c1ccc(N2CCCC2)c(F)c1. The number of anilines is 1. The minimum atomic E-state index is -0.0801. The van der Waals surface area contributed by atoms with Gasteiger partial charge in [-0.1, -0.05) is 19.4 Å². The van der Waals surface area contributed by atoms with Crippen molar-refractivity contribution in [3.63, 3.8) is 0 Å². The molecule has 1 aliphatic rings. The molecule has 1 heterocycles. The Bertz CT molecular complexity index is 400. The topological polar surface area (TPSA) is 15.3 Å². The Labute approximate surface area is 116 Å². The molecule has 0 amide bonds. The van der Waals surface area contributed by atoms with Crippen LogP contribution in [0.3, 0.4) is 0 Å². The molecule has 0 spiro atoms. The Hall–Kier alpha value is -1.09. The highest BCUT2D eigenvalue weighted by Gasteiger charge is 2.17. The van der Waals surface area contributed by atoms with Gasteiger partial charge in [0.1, 0.15) is 5.82 Å². The summed E-state index contributed by atoms with van der Waals surface area (Å²) in [6.45, 7) is 7.24. The molecule has 0 bridgehead atoms. The Morgan fingerprint density at radius 1 is 1.32 bits per heavy atom. The maximum Gasteiger partial charge on any atom is 0.146 e. The summed E-state index contributed by atoms with van der Waals surface area (Å²) in [5, 5.41) is 3.44. The molecule has 2 rings (SSSR count). The molecular formula is C16H25FN2. The fourth-order valence-corrected chi connectivity index (χ4v) is 2.62. The first-order valence-electron chi connectivity index (χ1n) is 7.50. The van der Waals surface area contributed by atoms with Gasteiger partial charge in [-0.3, -0.25) is 0 Å². The van der Waals surface area contributed by atoms with Gasteiger partial charge >= 0.3 is 0 Å². The highest BCUT2D eigenvalue weighted by molar-refractivity contribution is 5.50. The van der Waals surface area contributed by atoms with Crippen molar-refractivity contribution >= 4 is 5.69 Å². The molecule has 19 heavy (non-hydrogen) atoms. The summed E-state index contributed by atoms with van der Waals surface area (Å²) in [5.41, 5.74) is 1.80. The van der Waals surface area contributed by atoms with E-state index in [1.165, 1.54) is 25.7 Å². The fraction of sp³-hybridized carbons (Fsp3) is 0.625. The van der Waals surface area contributed by atoms with E-state index in [4.69, 9.17) is 0 Å². The molecule has 1 aromatic rings. The van der Waals surface area contributed by atoms with Crippen molar-refractivity contribution in [3.05, 3.63) is 29.6 Å². The Morgan fingerprint density at radius 3 is 2.68 bits per heavy atom. The number of hydrogen-bond acceptors (Lipinski definition) is 2. The number of hydrogen-bond donors (Lipinski definition) is 1. The summed E-state index contributed by atoms with van der Waals surface area (Å²) in [4.78, 5) is 2.15. The van der Waals surface area contributed by atoms with E-state index in [2.05, 4.69) is 30.1 Å². The molecule has 3 heteroatoms. The van der Waals surface area contributed by atoms with E-state index >= 15 is 0 Å². The van der Waals surface area contributed by atoms with Crippen LogP contribution in [-0.2, 0) is 0 Å². The lowest BCUT2D eigenvalue weighted by atomic mass is 10.1. The monoisotopic (exact) mass is 264 g/mol. The second kappa shape index (κ2) is 6.90. The molecule has 0 aromatic heterocycles. The third-order valence-corrected chi connectivity index (χ3v) is 3.90. The zero-order valence-electron chi connectivity index (χ0n) is 12.1. The van der Waals surface area contributed by atoms with Crippen molar-refractivity contribution in [2.45, 2.75) is 45.6 Å². The average Bonchev–Trinajstić information content (AvgIpc) is 2.92. The Kier molecular flexibility index (Phi) is 5.20. The highest BCUT2D eigenvalue weighted by Crippen LogP contribution is 2.26. The first-order chi connectivity index (χ1) is 9.22. The largest absolute Gasteiger partial charge is 0.369 e. The number of nitrogens with zero attached hydrogens (tertiary/aromatic N) is 1. The van der Waals surface area contributed by atoms with Crippen molar-refractivity contribution in [1.82, 2.24) is 5.32 Å². The van der Waals surface area contributed by atoms with E-state index in [1.807, 2.05) is 6.07 Å². The van der Waals surface area contributed by atoms with Gasteiger partial charge in [0, 0.05) is 19.1 Å². The minimum absolute atomic E-state index is 0.0801. The summed E-state index contributed by atoms with van der Waals surface area (Å²) >= 11 is 0. The van der Waals surface area contributed by atoms with Crippen LogP contribution in [0.1, 0.15) is 51.1 Å². The summed E-state index contributed by atoms with van der Waals surface area (Å²) < 4.78 is 14.2. The first-order valence-corrected chi connectivity index (χ1v) is 7.50. The van der Waals surface area contributed by atoms with Crippen LogP contribution < -0.4 is 10.2 Å². The van der Waals surface area contributed by atoms with Gasteiger partial charge < -0.3 is 10.2 Å². The molecule has 106 valence electrons. The zero-order valence-corrected chi connectivity index (χ0v) is 12.1. The summed E-state index contributed by atoms with van der Waals surface area (Å²) in [5.74, 6) is -0.0801. The van der Waals surface area contributed by atoms with E-state index in [0.717, 1.165) is 30.9 Å². The maximum atomic E-state index is 14.2. The van der Waals surface area contributed by atoms with E-state index in [0.29, 0.717) is 0 Å². The predicted molar refractivity (Wildman–Crippen MR) is 79.2 cm³/mol. The van der Waals surface area contributed by atoms with Crippen LogP contribution in [0.5, 0.6) is 0 Å². The van der Waals surface area contributed by atoms with Gasteiger partial charge in [0.15, 0.2) is 0 Å². The summed E-state index contributed by atoms with van der Waals surface area (Å²) in [6, 6.07) is 5.90. The van der Waals surface area contributed by atoms with Gasteiger partial charge in [-0.2, -0.15) is 0 Å². The third kappa shape index (κ3) is 3.69. The second-order valence-corrected chi connectivity index (χ2v) is 5.43. The van der Waals surface area contributed by atoms with Gasteiger partial charge in [0.05, 0.1) is 5.69 Å². The van der Waals surface area contributed by atoms with Crippen LogP contribution in [0.4, 0.5) is 10.1 Å². The number of benzene rings is 1. The summed E-state index contributed by atoms with van der Waals surface area (Å²) in [7, 11) is 0. The molecule has 0 aliphatic carbocycles. The minimum Gasteiger partial charge on any atom is -0.369 e. The molecule has 0 radical (unpaired) electrons. The molecule has 1 saturated heterocycles. The number of rotatable bonds is 6. The van der Waals surface area contributed by atoms with Gasteiger partial charge in [-0.25, -0.2) is 4.39 Å². The lowest BCUT2D eigenvalue weighted by Crippen LogP contribution is -2.21. The van der Waals surface area contributed by atoms with Crippen LogP contribution in [0.2, 0.25) is 0 Å². The maximum absolute atomic E-state index is 14.2. The van der Waals surface area contributed by atoms with Gasteiger partial charge in [0.2, 0.25) is 0 Å². The molecule has 2 nitrogen and oxygen atoms in total. The van der Waals surface area contributed by atoms with E-state index < -0.39 is 0 Å². The second-order valence-electron chi connectivity index (χ2n) is 5.43. The molecule has 1 fully saturated rings. The first kappa shape index (κ1) is 14.3. The molecule has 1 atom stereocenters. The quantitative estimate of drug-likeness (QED) is 0.784. The van der Waals surface area contributed by atoms with Crippen LogP contribution in [0.25, 0.3) is 0 Å². The predicted octanol–water partition coefficient (Wildman–Crippen LogP) is 3.88. The smallest absolute Gasteiger partial charge is 0.146 e. The van der Waals surface area contributed by atoms with Crippen molar-refractivity contribution in [2.75, 3.05) is 24.5 Å². The molecule has 1 N–H and O–H groups in total. The van der Waals surface area contributed by atoms with E-state index in [1.54, 1.807) is 6.07 Å². The Balaban J connectivity index is 2.01. The molecule has 0 saturated carbocycles. The summed E-state index contributed by atoms with van der Waals surface area (Å²) in [6.07, 6.45) is 4.70. The van der Waals surface area contributed by atoms with Gasteiger partial charge in [-0.05, 0) is 50.4 Å². The van der Waals surface area contributed by atoms with Gasteiger partial charge in [0.25, 0.3) is 0 Å². The number of halogens is 1. The van der Waals surface area contributed by atoms with E-state index in [-0.39, 0.29) is 11.9 Å². The number of nitrogens with one attached hydrogen (secondary N) is 1. The fourth-order valence-electron chi connectivity index (χ4n) is 2.62. The van der Waals surface area contributed by atoms with Gasteiger partial charge in [-0.15, -0.1) is 0 Å². The molecule has 1 aromatic carbocycles. The van der Waals surface area contributed by atoms with Crippen molar-refractivity contribution in [1.29, 1.82) is 0 Å². The van der Waals surface area contributed by atoms with Crippen molar-refractivity contribution in [3.8, 4) is 0 Å². The number of unbranched alkanes of at least 4 members (excludes halogenated alkanes) is 1. The third-order valence-electron chi connectivity index (χ3n) is 3.90. The highest BCUT2D eigenvalue weighted by atomic mass is 19.1. The standard InChI is InChI=1S/C16H25FN2/c1-3-4-9-18-13(2)14-7-8-16(15(17)12-14)19-10-5-6-11-19/h7-8,12-13,18H,3-6,9-11H2,1-2H3/t13-/m1/s1. The molecule has 1 aliphatic heterocycles. The zero-order chi connectivity index (χ0) is 13.7. The van der Waals surface area contributed by atoms with Crippen LogP contribution in [-0.4, -0.2) is 19.6 Å². The van der Waals surface area contributed by atoms with Crippen molar-refractivity contribution in [2.24, 2.45) is 0 Å². The Morgan fingerprint density at radius 2 is 2.05 bits per heavy atom. The normalized spacial score (nSPS) is 16.9. The lowest BCUT2D eigenvalue weighted by molar-refractivity contribution is 0.548. The van der Waals surface area contributed by atoms with Crippen LogP contribution >= 0.6 is 0 Å². The van der Waals surface area contributed by atoms with Crippen molar-refractivity contribution < 1.29 is 4.39 Å². The van der Waals surface area contributed by atoms with E-state index in [9.17, 15) is 4.39 Å².